The van der Waals surface area contributed by atoms with Gasteiger partial charge in [-0.2, -0.15) is 0 Å². The van der Waals surface area contributed by atoms with Crippen molar-refractivity contribution in [3.63, 3.8) is 0 Å². The van der Waals surface area contributed by atoms with Crippen molar-refractivity contribution < 1.29 is 0 Å². The number of hydrogen-bond donors (Lipinski definition) is 0. The zero-order chi connectivity index (χ0) is 42.0. The van der Waals surface area contributed by atoms with Crippen LogP contribution in [0.1, 0.15) is 79.0 Å². The second-order valence-electron chi connectivity index (χ2n) is 19.5. The van der Waals surface area contributed by atoms with Gasteiger partial charge in [-0.25, -0.2) is 0 Å². The zero-order valence-electron chi connectivity index (χ0n) is 36.6. The Bertz CT molecular complexity index is 2980. The van der Waals surface area contributed by atoms with Crippen molar-refractivity contribution in [3.8, 4) is 27.9 Å². The smallest absolute Gasteiger partial charge is 0.0542 e. The molecule has 0 aliphatic heterocycles. The van der Waals surface area contributed by atoms with Crippen molar-refractivity contribution >= 4 is 49.6 Å². The van der Waals surface area contributed by atoms with Gasteiger partial charge in [0.2, 0.25) is 0 Å². The Morgan fingerprint density at radius 3 is 1.60 bits per heavy atom. The van der Waals surface area contributed by atoms with Crippen LogP contribution in [0, 0.1) is 0 Å². The number of nitrogens with zero attached hydrogens (tertiary/aromatic N) is 2. The Morgan fingerprint density at radius 1 is 0.383 bits per heavy atom. The van der Waals surface area contributed by atoms with Gasteiger partial charge in [-0.15, -0.1) is 0 Å². The van der Waals surface area contributed by atoms with E-state index in [4.69, 9.17) is 0 Å². The highest BCUT2D eigenvalue weighted by atomic mass is 15.1. The summed E-state index contributed by atoms with van der Waals surface area (Å²) in [6.07, 6.45) is 0. The third-order valence-electron chi connectivity index (χ3n) is 12.2. The number of fused-ring (bicyclic) bond motifs is 4. The summed E-state index contributed by atoms with van der Waals surface area (Å²) in [5.74, 6) is 0. The standard InChI is InChI=1S/C58H56N2/c1-56(2,3)41-29-31-45(32-30-41)59(46-33-34-54-51(38-46)49-24-14-16-28-53(49)60(54)44-21-11-10-12-22-44)52-27-15-13-23-48(52)50-26-18-20-39-19-17-25-47(55(39)50)40-35-42(57(4,5)6)37-43(36-40)58(7,8)9/h10-38H,1-9H3. The predicted molar refractivity (Wildman–Crippen MR) is 260 cm³/mol. The Balaban J connectivity index is 1.30. The van der Waals surface area contributed by atoms with Crippen molar-refractivity contribution in [2.75, 3.05) is 4.90 Å². The number of benzene rings is 8. The summed E-state index contributed by atoms with van der Waals surface area (Å²) >= 11 is 0. The molecule has 298 valence electrons. The molecule has 2 heteroatoms. The average molecular weight is 781 g/mol. The van der Waals surface area contributed by atoms with Crippen LogP contribution in [-0.2, 0) is 16.2 Å². The summed E-state index contributed by atoms with van der Waals surface area (Å²) in [5.41, 5.74) is 15.9. The lowest BCUT2D eigenvalue weighted by molar-refractivity contribution is 0.569. The molecule has 0 N–H and O–H groups in total. The number of rotatable bonds is 6. The van der Waals surface area contributed by atoms with E-state index in [2.05, 4.69) is 248 Å². The normalized spacial score (nSPS) is 12.4. The monoisotopic (exact) mass is 780 g/mol. The highest BCUT2D eigenvalue weighted by Crippen LogP contribution is 2.47. The van der Waals surface area contributed by atoms with Crippen LogP contribution in [0.5, 0.6) is 0 Å². The van der Waals surface area contributed by atoms with Gasteiger partial charge >= 0.3 is 0 Å². The SMILES string of the molecule is CC(C)(C)c1ccc(N(c2ccc3c(c2)c2ccccc2n3-c2ccccc2)c2ccccc2-c2cccc3cccc(-c4cc(C(C)(C)C)cc(C(C)(C)C)c4)c23)cc1. The van der Waals surface area contributed by atoms with Crippen LogP contribution in [-0.4, -0.2) is 4.57 Å². The molecule has 0 bridgehead atoms. The minimum atomic E-state index is 0.00750. The summed E-state index contributed by atoms with van der Waals surface area (Å²) in [6, 6.07) is 65.6. The molecule has 0 aliphatic rings. The van der Waals surface area contributed by atoms with Crippen LogP contribution in [0.25, 0.3) is 60.5 Å². The molecule has 9 rings (SSSR count). The molecule has 2 nitrogen and oxygen atoms in total. The predicted octanol–water partition coefficient (Wildman–Crippen LogP) is 16.6. The van der Waals surface area contributed by atoms with Crippen LogP contribution in [0.4, 0.5) is 17.1 Å². The fourth-order valence-electron chi connectivity index (χ4n) is 8.84. The summed E-state index contributed by atoms with van der Waals surface area (Å²) in [6.45, 7) is 20.8. The molecule has 0 radical (unpaired) electrons. The van der Waals surface area contributed by atoms with Crippen LogP contribution in [0.3, 0.4) is 0 Å². The van der Waals surface area contributed by atoms with Crippen LogP contribution >= 0.6 is 0 Å². The third-order valence-corrected chi connectivity index (χ3v) is 12.2. The molecule has 60 heavy (non-hydrogen) atoms. The number of hydrogen-bond acceptors (Lipinski definition) is 1. The maximum Gasteiger partial charge on any atom is 0.0542 e. The molecule has 0 amide bonds. The van der Waals surface area contributed by atoms with Gasteiger partial charge in [0.05, 0.1) is 16.7 Å². The Hall–Kier alpha value is -6.38. The molecule has 0 saturated heterocycles. The van der Waals surface area contributed by atoms with Gasteiger partial charge in [-0.05, 0) is 115 Å². The maximum absolute atomic E-state index is 2.47. The van der Waals surface area contributed by atoms with Gasteiger partial charge in [0, 0.05) is 33.4 Å². The molecule has 0 unspecified atom stereocenters. The van der Waals surface area contributed by atoms with Gasteiger partial charge in [0.1, 0.15) is 0 Å². The quantitative estimate of drug-likeness (QED) is 0.163. The number of para-hydroxylation sites is 3. The molecule has 0 spiro atoms. The average Bonchev–Trinajstić information content (AvgIpc) is 3.57. The first kappa shape index (κ1) is 39.1. The van der Waals surface area contributed by atoms with E-state index >= 15 is 0 Å². The third kappa shape index (κ3) is 7.09. The van der Waals surface area contributed by atoms with Crippen molar-refractivity contribution in [2.24, 2.45) is 0 Å². The fourth-order valence-corrected chi connectivity index (χ4v) is 8.84. The van der Waals surface area contributed by atoms with Gasteiger partial charge in [-0.1, -0.05) is 184 Å². The number of anilines is 3. The Labute approximate surface area is 356 Å². The summed E-state index contributed by atoms with van der Waals surface area (Å²) in [7, 11) is 0. The van der Waals surface area contributed by atoms with E-state index in [1.165, 1.54) is 71.5 Å². The summed E-state index contributed by atoms with van der Waals surface area (Å²) in [4.78, 5) is 2.47. The van der Waals surface area contributed by atoms with E-state index in [0.29, 0.717) is 0 Å². The first-order valence-corrected chi connectivity index (χ1v) is 21.4. The fraction of sp³-hybridized carbons (Fsp3) is 0.207. The largest absolute Gasteiger partial charge is 0.310 e. The van der Waals surface area contributed by atoms with Gasteiger partial charge in [0.25, 0.3) is 0 Å². The molecule has 1 aromatic heterocycles. The molecule has 9 aromatic rings. The summed E-state index contributed by atoms with van der Waals surface area (Å²) in [5, 5.41) is 4.96. The van der Waals surface area contributed by atoms with E-state index in [-0.39, 0.29) is 16.2 Å². The van der Waals surface area contributed by atoms with E-state index in [0.717, 1.165) is 22.7 Å². The second-order valence-corrected chi connectivity index (χ2v) is 19.5. The van der Waals surface area contributed by atoms with Crippen molar-refractivity contribution in [1.29, 1.82) is 0 Å². The Morgan fingerprint density at radius 2 is 0.933 bits per heavy atom. The molecule has 0 fully saturated rings. The molecule has 1 heterocycles. The molecular formula is C58H56N2. The van der Waals surface area contributed by atoms with E-state index in [1.807, 2.05) is 0 Å². The zero-order valence-corrected chi connectivity index (χ0v) is 36.6. The lowest BCUT2D eigenvalue weighted by atomic mass is 9.78. The first-order chi connectivity index (χ1) is 28.7. The van der Waals surface area contributed by atoms with Crippen molar-refractivity contribution in [2.45, 2.75) is 78.6 Å². The van der Waals surface area contributed by atoms with E-state index in [1.54, 1.807) is 0 Å². The number of aromatic nitrogens is 1. The van der Waals surface area contributed by atoms with Crippen molar-refractivity contribution in [1.82, 2.24) is 4.57 Å². The molecular weight excluding hydrogens is 725 g/mol. The van der Waals surface area contributed by atoms with Crippen molar-refractivity contribution in [3.05, 3.63) is 193 Å². The van der Waals surface area contributed by atoms with E-state index < -0.39 is 0 Å². The Kier molecular flexibility index (Phi) is 9.59. The lowest BCUT2D eigenvalue weighted by Crippen LogP contribution is -2.16. The van der Waals surface area contributed by atoms with Gasteiger partial charge in [0.15, 0.2) is 0 Å². The first-order valence-electron chi connectivity index (χ1n) is 21.4. The van der Waals surface area contributed by atoms with E-state index in [9.17, 15) is 0 Å². The highest BCUT2D eigenvalue weighted by Gasteiger charge is 2.25. The van der Waals surface area contributed by atoms with Crippen LogP contribution in [0.2, 0.25) is 0 Å². The molecule has 0 atom stereocenters. The molecule has 8 aromatic carbocycles. The van der Waals surface area contributed by atoms with Crippen LogP contribution in [0.15, 0.2) is 176 Å². The second kappa shape index (κ2) is 14.7. The highest BCUT2D eigenvalue weighted by molar-refractivity contribution is 6.12. The van der Waals surface area contributed by atoms with Gasteiger partial charge < -0.3 is 9.47 Å². The lowest BCUT2D eigenvalue weighted by Gasteiger charge is -2.29. The molecule has 0 saturated carbocycles. The molecule has 0 aliphatic carbocycles. The maximum atomic E-state index is 2.47. The minimum absolute atomic E-state index is 0.00750. The topological polar surface area (TPSA) is 8.17 Å². The minimum Gasteiger partial charge on any atom is -0.310 e. The summed E-state index contributed by atoms with van der Waals surface area (Å²) < 4.78 is 2.39. The van der Waals surface area contributed by atoms with Gasteiger partial charge in [-0.3, -0.25) is 0 Å². The van der Waals surface area contributed by atoms with Crippen LogP contribution < -0.4 is 4.90 Å².